The molecule has 0 saturated carbocycles. The van der Waals surface area contributed by atoms with Crippen molar-refractivity contribution in [2.45, 2.75) is 54.4 Å². The molecule has 2 aromatic heterocycles. The smallest absolute Gasteiger partial charge is 0.262 e. The lowest BCUT2D eigenvalue weighted by atomic mass is 9.77. The van der Waals surface area contributed by atoms with Crippen LogP contribution in [0, 0.1) is 5.41 Å². The molecule has 5 heterocycles. The normalized spacial score (nSPS) is 22.8. The van der Waals surface area contributed by atoms with Gasteiger partial charge in [0.15, 0.2) is 5.67 Å². The summed E-state index contributed by atoms with van der Waals surface area (Å²) in [5, 5.41) is 1.22. The second-order valence-corrected chi connectivity index (χ2v) is 11.7. The molecule has 0 radical (unpaired) electrons. The van der Waals surface area contributed by atoms with E-state index in [2.05, 4.69) is 26.8 Å². The van der Waals surface area contributed by atoms with Gasteiger partial charge < -0.3 is 14.4 Å². The summed E-state index contributed by atoms with van der Waals surface area (Å²) in [5.74, 6) is 0.859. The number of alkyl halides is 1. The van der Waals surface area contributed by atoms with Crippen molar-refractivity contribution >= 4 is 40.1 Å². The summed E-state index contributed by atoms with van der Waals surface area (Å²) >= 11 is 7.98. The number of ether oxygens (including phenoxy) is 2. The van der Waals surface area contributed by atoms with Gasteiger partial charge in [0.05, 0.1) is 67.1 Å². The molecular formula is C25H27ClFN5O3S. The van der Waals surface area contributed by atoms with Gasteiger partial charge >= 0.3 is 0 Å². The molecular weight excluding hydrogens is 505 g/mol. The Morgan fingerprint density at radius 2 is 1.97 bits per heavy atom. The van der Waals surface area contributed by atoms with E-state index in [1.54, 1.807) is 18.5 Å². The summed E-state index contributed by atoms with van der Waals surface area (Å²) in [7, 11) is 0. The minimum Gasteiger partial charge on any atom is -0.378 e. The fraction of sp³-hybridized carbons (Fsp3) is 0.520. The Morgan fingerprint density at radius 3 is 2.61 bits per heavy atom. The van der Waals surface area contributed by atoms with Crippen LogP contribution in [0.1, 0.15) is 26.2 Å². The van der Waals surface area contributed by atoms with Crippen LogP contribution in [0.15, 0.2) is 45.6 Å². The molecule has 0 N–H and O–H groups in total. The lowest BCUT2D eigenvalue weighted by Gasteiger charge is -2.38. The van der Waals surface area contributed by atoms with Crippen molar-refractivity contribution in [2.75, 3.05) is 37.8 Å². The molecule has 0 unspecified atom stereocenters. The maximum Gasteiger partial charge on any atom is 0.262 e. The Hall–Kier alpha value is -2.27. The van der Waals surface area contributed by atoms with Crippen LogP contribution in [0.4, 0.5) is 10.2 Å². The zero-order chi connectivity index (χ0) is 24.9. The van der Waals surface area contributed by atoms with Gasteiger partial charge in [0.25, 0.3) is 5.56 Å². The molecule has 1 spiro atoms. The highest BCUT2D eigenvalue weighted by atomic mass is 35.5. The average molecular weight is 532 g/mol. The summed E-state index contributed by atoms with van der Waals surface area (Å²) in [6.07, 6.45) is 8.58. The lowest BCUT2D eigenvalue weighted by Crippen LogP contribution is -2.50. The Morgan fingerprint density at radius 1 is 1.17 bits per heavy atom. The molecule has 3 aliphatic heterocycles. The number of nitrogens with zero attached hydrogens (tertiary/aromatic N) is 5. The number of halogens is 2. The standard InChI is InChI=1S/C25H27ClFN5O3S/c1-16-8-24(12-35-16)4-6-31(7-5-24)19-9-29-20(10-28-19)36-18-3-2-17-21(22(18)26)23(33)32(15-30-17)11-25(27)13-34-14-25/h2-3,9-10,15-16H,4-8,11-14H2,1H3/t16-/m0/s1. The maximum atomic E-state index is 14.5. The quantitative estimate of drug-likeness (QED) is 0.486. The first kappa shape index (κ1) is 24.1. The predicted octanol–water partition coefficient (Wildman–Crippen LogP) is 4.13. The molecule has 3 fully saturated rings. The number of benzene rings is 1. The summed E-state index contributed by atoms with van der Waals surface area (Å²) in [6.45, 7) is 4.74. The summed E-state index contributed by atoms with van der Waals surface area (Å²) in [6, 6.07) is 3.55. The predicted molar refractivity (Wildman–Crippen MR) is 136 cm³/mol. The zero-order valence-electron chi connectivity index (χ0n) is 20.0. The molecule has 0 bridgehead atoms. The van der Waals surface area contributed by atoms with Crippen LogP contribution < -0.4 is 10.5 Å². The van der Waals surface area contributed by atoms with Crippen LogP contribution in [-0.4, -0.2) is 64.2 Å². The molecule has 11 heteroatoms. The highest BCUT2D eigenvalue weighted by Crippen LogP contribution is 2.42. The Labute approximate surface area is 217 Å². The van der Waals surface area contributed by atoms with Gasteiger partial charge in [-0.15, -0.1) is 0 Å². The van der Waals surface area contributed by atoms with E-state index < -0.39 is 5.67 Å². The van der Waals surface area contributed by atoms with Gasteiger partial charge in [-0.2, -0.15) is 0 Å². The van der Waals surface area contributed by atoms with Crippen LogP contribution in [0.2, 0.25) is 5.02 Å². The molecule has 3 aliphatic rings. The van der Waals surface area contributed by atoms with Gasteiger partial charge in [0, 0.05) is 18.0 Å². The second kappa shape index (κ2) is 9.24. The second-order valence-electron chi connectivity index (χ2n) is 10.2. The van der Waals surface area contributed by atoms with Crippen LogP contribution >= 0.6 is 23.4 Å². The number of piperidine rings is 1. The fourth-order valence-electron chi connectivity index (χ4n) is 5.34. The van der Waals surface area contributed by atoms with E-state index in [0.29, 0.717) is 27.0 Å². The first-order valence-corrected chi connectivity index (χ1v) is 13.3. The first-order valence-electron chi connectivity index (χ1n) is 12.1. The van der Waals surface area contributed by atoms with Gasteiger partial charge in [0.1, 0.15) is 10.8 Å². The first-order chi connectivity index (χ1) is 17.3. The fourth-order valence-corrected chi connectivity index (χ4v) is 6.46. The van der Waals surface area contributed by atoms with E-state index in [1.807, 2.05) is 6.07 Å². The molecule has 1 aromatic carbocycles. The van der Waals surface area contributed by atoms with Crippen LogP contribution in [0.25, 0.3) is 10.9 Å². The number of hydrogen-bond acceptors (Lipinski definition) is 8. The number of hydrogen-bond donors (Lipinski definition) is 0. The number of aromatic nitrogens is 4. The van der Waals surface area contributed by atoms with Crippen molar-refractivity contribution in [2.24, 2.45) is 5.41 Å². The zero-order valence-corrected chi connectivity index (χ0v) is 21.5. The van der Waals surface area contributed by atoms with Gasteiger partial charge in [-0.05, 0) is 43.7 Å². The van der Waals surface area contributed by atoms with Crippen molar-refractivity contribution in [3.8, 4) is 0 Å². The number of fused-ring (bicyclic) bond motifs is 1. The largest absolute Gasteiger partial charge is 0.378 e. The average Bonchev–Trinajstić information content (AvgIpc) is 3.22. The van der Waals surface area contributed by atoms with Crippen molar-refractivity contribution < 1.29 is 13.9 Å². The molecule has 8 nitrogen and oxygen atoms in total. The monoisotopic (exact) mass is 531 g/mol. The van der Waals surface area contributed by atoms with Gasteiger partial charge in [-0.3, -0.25) is 9.36 Å². The maximum absolute atomic E-state index is 14.5. The minimum absolute atomic E-state index is 0.0261. The third-order valence-corrected chi connectivity index (χ3v) is 8.93. The molecule has 0 amide bonds. The summed E-state index contributed by atoms with van der Waals surface area (Å²) < 4.78 is 26.6. The van der Waals surface area contributed by atoms with Crippen LogP contribution in [-0.2, 0) is 16.0 Å². The molecule has 6 rings (SSSR count). The van der Waals surface area contributed by atoms with Crippen LogP contribution in [0.5, 0.6) is 0 Å². The van der Waals surface area contributed by atoms with Crippen LogP contribution in [0.3, 0.4) is 0 Å². The Balaban J connectivity index is 1.18. The van der Waals surface area contributed by atoms with Crippen molar-refractivity contribution in [3.63, 3.8) is 0 Å². The van der Waals surface area contributed by atoms with E-state index in [-0.39, 0.29) is 35.7 Å². The molecule has 3 saturated heterocycles. The lowest BCUT2D eigenvalue weighted by molar-refractivity contribution is -0.137. The molecule has 0 aliphatic carbocycles. The highest BCUT2D eigenvalue weighted by Gasteiger charge is 2.41. The van der Waals surface area contributed by atoms with E-state index in [0.717, 1.165) is 44.8 Å². The minimum atomic E-state index is -1.55. The van der Waals surface area contributed by atoms with E-state index in [1.165, 1.54) is 22.7 Å². The van der Waals surface area contributed by atoms with Crippen molar-refractivity contribution in [1.29, 1.82) is 0 Å². The van der Waals surface area contributed by atoms with Crippen molar-refractivity contribution in [1.82, 2.24) is 19.5 Å². The number of anilines is 1. The number of rotatable bonds is 5. The summed E-state index contributed by atoms with van der Waals surface area (Å²) in [4.78, 5) is 29.6. The van der Waals surface area contributed by atoms with Gasteiger partial charge in [-0.25, -0.2) is 19.3 Å². The molecule has 3 aromatic rings. The van der Waals surface area contributed by atoms with Gasteiger partial charge in [0.2, 0.25) is 0 Å². The topological polar surface area (TPSA) is 82.4 Å². The van der Waals surface area contributed by atoms with E-state index in [9.17, 15) is 9.18 Å². The molecule has 190 valence electrons. The van der Waals surface area contributed by atoms with Gasteiger partial charge in [-0.1, -0.05) is 23.4 Å². The third-order valence-electron chi connectivity index (χ3n) is 7.44. The van der Waals surface area contributed by atoms with Crippen molar-refractivity contribution in [3.05, 3.63) is 46.2 Å². The SMILES string of the molecule is C[C@H]1CC2(CCN(c3cnc(Sc4ccc5ncn(CC6(F)COC6)c(=O)c5c4Cl)cn3)CC2)CO1. The third kappa shape index (κ3) is 4.49. The molecule has 36 heavy (non-hydrogen) atoms. The molecule has 1 atom stereocenters. The Bertz CT molecular complexity index is 1340. The van der Waals surface area contributed by atoms with E-state index in [4.69, 9.17) is 21.1 Å². The van der Waals surface area contributed by atoms with E-state index >= 15 is 0 Å². The summed E-state index contributed by atoms with van der Waals surface area (Å²) in [5.41, 5.74) is -1.14. The Kier molecular flexibility index (Phi) is 6.18. The highest BCUT2D eigenvalue weighted by molar-refractivity contribution is 7.99.